The van der Waals surface area contributed by atoms with Crippen LogP contribution in [0, 0.1) is 13.8 Å². The molecule has 2 aromatic rings. The van der Waals surface area contributed by atoms with Crippen molar-refractivity contribution in [2.24, 2.45) is 0 Å². The Labute approximate surface area is 145 Å². The van der Waals surface area contributed by atoms with Crippen LogP contribution >= 0.6 is 0 Å². The lowest BCUT2D eigenvalue weighted by Crippen LogP contribution is -2.22. The van der Waals surface area contributed by atoms with Crippen LogP contribution in [0.3, 0.4) is 0 Å². The van der Waals surface area contributed by atoms with Crippen LogP contribution in [0.4, 0.5) is 0 Å². The van der Waals surface area contributed by atoms with Gasteiger partial charge in [0.05, 0.1) is 27.4 Å². The molecule has 0 saturated heterocycles. The largest absolute Gasteiger partial charge is 0.496 e. The van der Waals surface area contributed by atoms with Crippen molar-refractivity contribution in [2.75, 3.05) is 35.4 Å². The first-order chi connectivity index (χ1) is 11.4. The lowest BCUT2D eigenvalue weighted by molar-refractivity contribution is 0.332. The predicted octanol–water partition coefficient (Wildman–Crippen LogP) is 3.98. The number of rotatable bonds is 6. The van der Waals surface area contributed by atoms with Crippen LogP contribution in [0.15, 0.2) is 30.3 Å². The van der Waals surface area contributed by atoms with Gasteiger partial charge in [-0.1, -0.05) is 12.1 Å². The number of methoxy groups -OCH3 is 3. The molecule has 1 atom stereocenters. The predicted molar refractivity (Wildman–Crippen MR) is 97.5 cm³/mol. The summed E-state index contributed by atoms with van der Waals surface area (Å²) >= 11 is 0. The third-order valence-corrected chi connectivity index (χ3v) is 4.32. The van der Waals surface area contributed by atoms with Crippen molar-refractivity contribution in [3.63, 3.8) is 0 Å². The summed E-state index contributed by atoms with van der Waals surface area (Å²) in [5.74, 6) is 2.37. The minimum Gasteiger partial charge on any atom is -0.496 e. The molecule has 0 unspecified atom stereocenters. The molecule has 0 fully saturated rings. The fraction of sp³-hybridized carbons (Fsp3) is 0.400. The smallest absolute Gasteiger partial charge is 0.161 e. The van der Waals surface area contributed by atoms with Gasteiger partial charge in [-0.15, -0.1) is 0 Å². The summed E-state index contributed by atoms with van der Waals surface area (Å²) < 4.78 is 16.3. The van der Waals surface area contributed by atoms with Gasteiger partial charge in [-0.3, -0.25) is 4.90 Å². The van der Waals surface area contributed by atoms with Crippen molar-refractivity contribution < 1.29 is 14.2 Å². The highest BCUT2D eigenvalue weighted by Gasteiger charge is 2.21. The number of benzene rings is 2. The minimum absolute atomic E-state index is 0.0966. The first-order valence-corrected chi connectivity index (χ1v) is 7.96. The van der Waals surface area contributed by atoms with Crippen molar-refractivity contribution in [1.29, 1.82) is 0 Å². The number of hydrogen-bond donors (Lipinski definition) is 0. The van der Waals surface area contributed by atoms with Crippen LogP contribution < -0.4 is 14.2 Å². The second-order valence-corrected chi connectivity index (χ2v) is 6.16. The molecule has 0 radical (unpaired) electrons. The van der Waals surface area contributed by atoms with E-state index < -0.39 is 0 Å². The molecule has 24 heavy (non-hydrogen) atoms. The molecule has 0 amide bonds. The summed E-state index contributed by atoms with van der Waals surface area (Å²) in [6.07, 6.45) is 0. The maximum Gasteiger partial charge on any atom is 0.161 e. The van der Waals surface area contributed by atoms with E-state index >= 15 is 0 Å². The van der Waals surface area contributed by atoms with Gasteiger partial charge in [0.15, 0.2) is 11.5 Å². The van der Waals surface area contributed by atoms with E-state index in [2.05, 4.69) is 51.0 Å². The van der Waals surface area contributed by atoms with Gasteiger partial charge < -0.3 is 14.2 Å². The lowest BCUT2D eigenvalue weighted by atomic mass is 9.92. The number of ether oxygens (including phenoxy) is 3. The zero-order valence-corrected chi connectivity index (χ0v) is 15.6. The molecule has 4 nitrogen and oxygen atoms in total. The zero-order chi connectivity index (χ0) is 17.9. The molecule has 0 N–H and O–H groups in total. The standard InChI is InChI=1S/C20H27NO3/c1-13-10-14(2)18(23-6)12-16(13)20(21(3)4)15-8-9-17(22-5)19(11-15)24-7/h8-12,20H,1-7H3/t20-/m0/s1. The molecule has 2 rings (SSSR count). The molecule has 0 spiro atoms. The molecule has 130 valence electrons. The van der Waals surface area contributed by atoms with Gasteiger partial charge in [-0.25, -0.2) is 0 Å². The van der Waals surface area contributed by atoms with E-state index in [1.165, 1.54) is 11.1 Å². The Morgan fingerprint density at radius 2 is 1.38 bits per heavy atom. The Bertz CT molecular complexity index is 710. The van der Waals surface area contributed by atoms with Gasteiger partial charge in [-0.05, 0) is 68.4 Å². The first kappa shape index (κ1) is 18.1. The topological polar surface area (TPSA) is 30.9 Å². The second-order valence-electron chi connectivity index (χ2n) is 6.16. The zero-order valence-electron chi connectivity index (χ0n) is 15.6. The van der Waals surface area contributed by atoms with Crippen LogP contribution in [-0.2, 0) is 0 Å². The fourth-order valence-corrected chi connectivity index (χ4v) is 3.14. The van der Waals surface area contributed by atoms with Gasteiger partial charge in [0, 0.05) is 0 Å². The minimum atomic E-state index is 0.0966. The number of hydrogen-bond acceptors (Lipinski definition) is 4. The Morgan fingerprint density at radius 1 is 0.750 bits per heavy atom. The van der Waals surface area contributed by atoms with E-state index in [-0.39, 0.29) is 6.04 Å². The van der Waals surface area contributed by atoms with Gasteiger partial charge >= 0.3 is 0 Å². The van der Waals surface area contributed by atoms with Crippen molar-refractivity contribution in [2.45, 2.75) is 19.9 Å². The third kappa shape index (κ3) is 3.49. The molecule has 2 aromatic carbocycles. The van der Waals surface area contributed by atoms with E-state index in [4.69, 9.17) is 14.2 Å². The molecule has 0 aliphatic carbocycles. The van der Waals surface area contributed by atoms with E-state index in [1.54, 1.807) is 21.3 Å². The maximum absolute atomic E-state index is 5.52. The second kappa shape index (κ2) is 7.58. The molecule has 0 saturated carbocycles. The van der Waals surface area contributed by atoms with E-state index in [9.17, 15) is 0 Å². The highest BCUT2D eigenvalue weighted by molar-refractivity contribution is 5.49. The summed E-state index contributed by atoms with van der Waals surface area (Å²) in [5, 5.41) is 0. The SMILES string of the molecule is COc1cc([C@H](c2ccc(OC)c(OC)c2)N(C)C)c(C)cc1C. The van der Waals surface area contributed by atoms with Crippen LogP contribution in [0.5, 0.6) is 17.2 Å². The van der Waals surface area contributed by atoms with E-state index in [0.29, 0.717) is 0 Å². The van der Waals surface area contributed by atoms with E-state index in [0.717, 1.165) is 28.4 Å². The normalized spacial score (nSPS) is 12.2. The quantitative estimate of drug-likeness (QED) is 0.802. The molecule has 0 aliphatic heterocycles. The molecule has 0 aliphatic rings. The van der Waals surface area contributed by atoms with Gasteiger partial charge in [0.1, 0.15) is 5.75 Å². The Hall–Kier alpha value is -2.20. The van der Waals surface area contributed by atoms with Gasteiger partial charge in [0.2, 0.25) is 0 Å². The van der Waals surface area contributed by atoms with Crippen molar-refractivity contribution in [1.82, 2.24) is 4.90 Å². The summed E-state index contributed by atoms with van der Waals surface area (Å²) in [6.45, 7) is 4.20. The van der Waals surface area contributed by atoms with E-state index in [1.807, 2.05) is 12.1 Å². The van der Waals surface area contributed by atoms with Crippen LogP contribution in [0.1, 0.15) is 28.3 Å². The van der Waals surface area contributed by atoms with Gasteiger partial charge in [0.25, 0.3) is 0 Å². The fourth-order valence-electron chi connectivity index (χ4n) is 3.14. The lowest BCUT2D eigenvalue weighted by Gasteiger charge is -2.28. The maximum atomic E-state index is 5.52. The molecule has 0 heterocycles. The Morgan fingerprint density at radius 3 is 1.92 bits per heavy atom. The first-order valence-electron chi connectivity index (χ1n) is 7.96. The van der Waals surface area contributed by atoms with Crippen molar-refractivity contribution >= 4 is 0 Å². The highest BCUT2D eigenvalue weighted by atomic mass is 16.5. The number of aryl methyl sites for hydroxylation is 2. The molecular formula is C20H27NO3. The monoisotopic (exact) mass is 329 g/mol. The Kier molecular flexibility index (Phi) is 5.73. The summed E-state index contributed by atoms with van der Waals surface area (Å²) in [5.41, 5.74) is 4.74. The molecule has 0 aromatic heterocycles. The molecule has 4 heteroatoms. The van der Waals surface area contributed by atoms with Gasteiger partial charge in [-0.2, -0.15) is 0 Å². The molecular weight excluding hydrogens is 302 g/mol. The average molecular weight is 329 g/mol. The van der Waals surface area contributed by atoms with Crippen LogP contribution in [0.2, 0.25) is 0 Å². The van der Waals surface area contributed by atoms with Crippen molar-refractivity contribution in [3.8, 4) is 17.2 Å². The van der Waals surface area contributed by atoms with Crippen LogP contribution in [0.25, 0.3) is 0 Å². The van der Waals surface area contributed by atoms with Crippen LogP contribution in [-0.4, -0.2) is 40.3 Å². The summed E-state index contributed by atoms with van der Waals surface area (Å²) in [7, 11) is 9.17. The third-order valence-electron chi connectivity index (χ3n) is 4.32. The average Bonchev–Trinajstić information content (AvgIpc) is 2.56. The summed E-state index contributed by atoms with van der Waals surface area (Å²) in [6, 6.07) is 10.5. The Balaban J connectivity index is 2.59. The summed E-state index contributed by atoms with van der Waals surface area (Å²) in [4.78, 5) is 2.19. The number of nitrogens with zero attached hydrogens (tertiary/aromatic N) is 1. The highest BCUT2D eigenvalue weighted by Crippen LogP contribution is 2.37. The van der Waals surface area contributed by atoms with Crippen molar-refractivity contribution in [3.05, 3.63) is 52.6 Å². The molecule has 0 bridgehead atoms.